The SMILES string of the molecule is COC(OC)[C@H](O)C(C)(C)NS(=O)(=O)c1ccccc1[N+](=O)[O-]. The van der Waals surface area contributed by atoms with Crippen LogP contribution in [0.5, 0.6) is 0 Å². The summed E-state index contributed by atoms with van der Waals surface area (Å²) in [4.78, 5) is 9.72. The number of benzene rings is 1. The molecule has 0 aliphatic carbocycles. The molecule has 0 aromatic heterocycles. The molecule has 10 heteroatoms. The molecule has 2 N–H and O–H groups in total. The molecule has 0 fully saturated rings. The molecule has 0 aliphatic rings. The van der Waals surface area contributed by atoms with Gasteiger partial charge in [-0.2, -0.15) is 0 Å². The second kappa shape index (κ2) is 7.32. The molecule has 0 bridgehead atoms. The third kappa shape index (κ3) is 4.45. The van der Waals surface area contributed by atoms with Crippen molar-refractivity contribution in [3.8, 4) is 0 Å². The Morgan fingerprint density at radius 1 is 1.26 bits per heavy atom. The van der Waals surface area contributed by atoms with Gasteiger partial charge in [0.05, 0.1) is 10.5 Å². The maximum atomic E-state index is 12.5. The summed E-state index contributed by atoms with van der Waals surface area (Å²) < 4.78 is 37.0. The molecule has 23 heavy (non-hydrogen) atoms. The van der Waals surface area contributed by atoms with Crippen LogP contribution < -0.4 is 4.72 Å². The lowest BCUT2D eigenvalue weighted by molar-refractivity contribution is -0.387. The van der Waals surface area contributed by atoms with E-state index in [0.717, 1.165) is 12.1 Å². The van der Waals surface area contributed by atoms with Crippen LogP contribution in [0.1, 0.15) is 13.8 Å². The number of rotatable bonds is 8. The van der Waals surface area contributed by atoms with E-state index in [2.05, 4.69) is 4.72 Å². The van der Waals surface area contributed by atoms with Crippen molar-refractivity contribution >= 4 is 15.7 Å². The highest BCUT2D eigenvalue weighted by molar-refractivity contribution is 7.89. The average molecular weight is 348 g/mol. The number of nitrogens with zero attached hydrogens (tertiary/aromatic N) is 1. The second-order valence-corrected chi connectivity index (χ2v) is 6.99. The zero-order valence-corrected chi connectivity index (χ0v) is 14.0. The Bertz CT molecular complexity index is 656. The average Bonchev–Trinajstić information content (AvgIpc) is 2.47. The van der Waals surface area contributed by atoms with Crippen molar-refractivity contribution < 1.29 is 27.9 Å². The lowest BCUT2D eigenvalue weighted by Gasteiger charge is -2.34. The normalized spacial score (nSPS) is 14.0. The number of hydrogen-bond acceptors (Lipinski definition) is 7. The van der Waals surface area contributed by atoms with Gasteiger partial charge in [-0.25, -0.2) is 13.1 Å². The molecular weight excluding hydrogens is 328 g/mol. The fourth-order valence-electron chi connectivity index (χ4n) is 1.99. The molecule has 1 rings (SSSR count). The van der Waals surface area contributed by atoms with Crippen molar-refractivity contribution in [2.75, 3.05) is 14.2 Å². The van der Waals surface area contributed by atoms with Crippen molar-refractivity contribution in [3.05, 3.63) is 34.4 Å². The Morgan fingerprint density at radius 2 is 1.78 bits per heavy atom. The first kappa shape index (κ1) is 19.5. The first-order valence-electron chi connectivity index (χ1n) is 6.58. The van der Waals surface area contributed by atoms with Crippen molar-refractivity contribution in [3.63, 3.8) is 0 Å². The van der Waals surface area contributed by atoms with Gasteiger partial charge in [-0.05, 0) is 19.9 Å². The van der Waals surface area contributed by atoms with Crippen LogP contribution in [-0.2, 0) is 19.5 Å². The Kier molecular flexibility index (Phi) is 6.19. The Balaban J connectivity index is 3.18. The summed E-state index contributed by atoms with van der Waals surface area (Å²) in [6.45, 7) is 2.82. The smallest absolute Gasteiger partial charge is 0.289 e. The fraction of sp³-hybridized carbons (Fsp3) is 0.538. The predicted molar refractivity (Wildman–Crippen MR) is 81.3 cm³/mol. The number of ether oxygens (including phenoxy) is 2. The third-order valence-corrected chi connectivity index (χ3v) is 4.93. The third-order valence-electron chi connectivity index (χ3n) is 3.21. The summed E-state index contributed by atoms with van der Waals surface area (Å²) in [5, 5.41) is 21.2. The summed E-state index contributed by atoms with van der Waals surface area (Å²) >= 11 is 0. The minimum atomic E-state index is -4.25. The molecule has 1 atom stereocenters. The fourth-order valence-corrected chi connectivity index (χ4v) is 3.59. The molecule has 0 aliphatic heterocycles. The number of para-hydroxylation sites is 1. The van der Waals surface area contributed by atoms with Gasteiger partial charge in [0.15, 0.2) is 11.2 Å². The van der Waals surface area contributed by atoms with E-state index >= 15 is 0 Å². The van der Waals surface area contributed by atoms with Gasteiger partial charge in [0.2, 0.25) is 10.0 Å². The van der Waals surface area contributed by atoms with Crippen LogP contribution in [-0.4, -0.2) is 50.6 Å². The largest absolute Gasteiger partial charge is 0.386 e. The van der Waals surface area contributed by atoms with E-state index < -0.39 is 43.5 Å². The number of methoxy groups -OCH3 is 2. The highest BCUT2D eigenvalue weighted by Crippen LogP contribution is 2.25. The highest BCUT2D eigenvalue weighted by atomic mass is 32.2. The minimum absolute atomic E-state index is 0.489. The van der Waals surface area contributed by atoms with Gasteiger partial charge in [0.25, 0.3) is 5.69 Å². The monoisotopic (exact) mass is 348 g/mol. The van der Waals surface area contributed by atoms with E-state index in [0.29, 0.717) is 0 Å². The topological polar surface area (TPSA) is 128 Å². The van der Waals surface area contributed by atoms with Crippen LogP contribution in [0, 0.1) is 10.1 Å². The van der Waals surface area contributed by atoms with Crippen molar-refractivity contribution in [1.82, 2.24) is 4.72 Å². The number of aliphatic hydroxyl groups is 1. The van der Waals surface area contributed by atoms with Crippen molar-refractivity contribution in [2.24, 2.45) is 0 Å². The lowest BCUT2D eigenvalue weighted by atomic mass is 9.98. The minimum Gasteiger partial charge on any atom is -0.386 e. The highest BCUT2D eigenvalue weighted by Gasteiger charge is 2.39. The summed E-state index contributed by atoms with van der Waals surface area (Å²) in [7, 11) is -1.66. The Labute approximate surface area is 134 Å². The summed E-state index contributed by atoms with van der Waals surface area (Å²) in [5.41, 5.74) is -1.96. The standard InChI is InChI=1S/C13H20N2O7S/c1-13(2,11(16)12(21-3)22-4)14-23(19,20)10-8-6-5-7-9(10)15(17)18/h5-8,11-12,14,16H,1-4H3/t11-/m0/s1. The summed E-state index contributed by atoms with van der Waals surface area (Å²) in [5.74, 6) is 0. The zero-order chi connectivity index (χ0) is 17.8. The number of nitrogens with one attached hydrogen (secondary N) is 1. The van der Waals surface area contributed by atoms with Gasteiger partial charge in [-0.3, -0.25) is 10.1 Å². The first-order valence-corrected chi connectivity index (χ1v) is 8.06. The summed E-state index contributed by atoms with van der Waals surface area (Å²) in [6.07, 6.45) is -2.42. The number of nitro benzene ring substituents is 1. The second-order valence-electron chi connectivity index (χ2n) is 5.34. The first-order chi connectivity index (χ1) is 10.6. The van der Waals surface area contributed by atoms with Crippen LogP contribution in [0.15, 0.2) is 29.2 Å². The molecule has 0 unspecified atom stereocenters. The molecule has 0 saturated carbocycles. The molecular formula is C13H20N2O7S. The van der Waals surface area contributed by atoms with Crippen LogP contribution in [0.4, 0.5) is 5.69 Å². The molecule has 1 aromatic carbocycles. The van der Waals surface area contributed by atoms with Crippen molar-refractivity contribution in [1.29, 1.82) is 0 Å². The van der Waals surface area contributed by atoms with Gasteiger partial charge in [0, 0.05) is 20.3 Å². The van der Waals surface area contributed by atoms with E-state index in [4.69, 9.17) is 9.47 Å². The molecule has 0 saturated heterocycles. The van der Waals surface area contributed by atoms with Gasteiger partial charge in [0.1, 0.15) is 6.10 Å². The van der Waals surface area contributed by atoms with Crippen LogP contribution >= 0.6 is 0 Å². The Morgan fingerprint density at radius 3 is 2.26 bits per heavy atom. The zero-order valence-electron chi connectivity index (χ0n) is 13.2. The number of nitro groups is 1. The molecule has 0 heterocycles. The van der Waals surface area contributed by atoms with E-state index in [1.807, 2.05) is 0 Å². The van der Waals surface area contributed by atoms with Crippen LogP contribution in [0.25, 0.3) is 0 Å². The molecule has 0 amide bonds. The van der Waals surface area contributed by atoms with Gasteiger partial charge in [-0.15, -0.1) is 0 Å². The number of aliphatic hydroxyl groups excluding tert-OH is 1. The molecule has 1 aromatic rings. The quantitative estimate of drug-likeness (QED) is 0.400. The lowest BCUT2D eigenvalue weighted by Crippen LogP contribution is -2.57. The maximum absolute atomic E-state index is 12.5. The van der Waals surface area contributed by atoms with E-state index in [1.165, 1.54) is 40.2 Å². The number of hydrogen-bond donors (Lipinski definition) is 2. The predicted octanol–water partition coefficient (Wildman–Crippen LogP) is 0.631. The van der Waals surface area contributed by atoms with E-state index in [-0.39, 0.29) is 0 Å². The maximum Gasteiger partial charge on any atom is 0.289 e. The van der Waals surface area contributed by atoms with Gasteiger partial charge in [-0.1, -0.05) is 12.1 Å². The molecule has 130 valence electrons. The number of sulfonamides is 1. The molecule has 9 nitrogen and oxygen atoms in total. The van der Waals surface area contributed by atoms with Gasteiger partial charge < -0.3 is 14.6 Å². The van der Waals surface area contributed by atoms with Crippen LogP contribution in [0.3, 0.4) is 0 Å². The summed E-state index contributed by atoms with van der Waals surface area (Å²) in [6, 6.07) is 4.94. The molecule has 0 radical (unpaired) electrons. The van der Waals surface area contributed by atoms with Gasteiger partial charge >= 0.3 is 0 Å². The van der Waals surface area contributed by atoms with Crippen LogP contribution in [0.2, 0.25) is 0 Å². The Hall–Kier alpha value is -1.59. The van der Waals surface area contributed by atoms with E-state index in [9.17, 15) is 23.6 Å². The van der Waals surface area contributed by atoms with E-state index in [1.54, 1.807) is 0 Å². The molecule has 0 spiro atoms. The van der Waals surface area contributed by atoms with Crippen molar-refractivity contribution in [2.45, 2.75) is 36.7 Å².